The number of carbonyl (C=O) groups is 1. The van der Waals surface area contributed by atoms with Crippen molar-refractivity contribution in [3.8, 4) is 5.95 Å². The summed E-state index contributed by atoms with van der Waals surface area (Å²) >= 11 is 0. The summed E-state index contributed by atoms with van der Waals surface area (Å²) in [6.07, 6.45) is 3.00. The molecule has 0 spiro atoms. The van der Waals surface area contributed by atoms with Crippen molar-refractivity contribution in [3.63, 3.8) is 0 Å². The number of nitrogens with zero attached hydrogens (tertiary/aromatic N) is 4. The SMILES string of the molecule is Cc1nc(C)n(-c2ncc(NC(=O)Cc3ccccc3F)cn2)c1C. The first-order valence-corrected chi connectivity index (χ1v) is 7.84. The summed E-state index contributed by atoms with van der Waals surface area (Å²) < 4.78 is 15.4. The Labute approximate surface area is 144 Å². The highest BCUT2D eigenvalue weighted by Crippen LogP contribution is 2.15. The monoisotopic (exact) mass is 339 g/mol. The van der Waals surface area contributed by atoms with Gasteiger partial charge in [0, 0.05) is 5.69 Å². The molecule has 25 heavy (non-hydrogen) atoms. The summed E-state index contributed by atoms with van der Waals surface area (Å²) in [5.74, 6) is 0.562. The predicted octanol–water partition coefficient (Wildman–Crippen LogP) is 2.91. The van der Waals surface area contributed by atoms with Crippen LogP contribution in [0.4, 0.5) is 10.1 Å². The number of nitrogens with one attached hydrogen (secondary N) is 1. The van der Waals surface area contributed by atoms with Gasteiger partial charge in [0.05, 0.1) is 30.2 Å². The molecule has 0 bridgehead atoms. The smallest absolute Gasteiger partial charge is 0.235 e. The molecule has 0 saturated carbocycles. The van der Waals surface area contributed by atoms with E-state index in [-0.39, 0.29) is 12.3 Å². The Bertz CT molecular complexity index is 918. The van der Waals surface area contributed by atoms with Crippen LogP contribution in [-0.2, 0) is 11.2 Å². The number of imidazole rings is 1. The Kier molecular flexibility index (Phi) is 4.56. The van der Waals surface area contributed by atoms with E-state index in [1.54, 1.807) is 18.2 Å². The molecule has 128 valence electrons. The van der Waals surface area contributed by atoms with Crippen LogP contribution in [0.1, 0.15) is 22.8 Å². The summed E-state index contributed by atoms with van der Waals surface area (Å²) in [4.78, 5) is 25.0. The van der Waals surface area contributed by atoms with Gasteiger partial charge in [-0.2, -0.15) is 0 Å². The number of hydrogen-bond acceptors (Lipinski definition) is 4. The quantitative estimate of drug-likeness (QED) is 0.793. The van der Waals surface area contributed by atoms with Gasteiger partial charge >= 0.3 is 0 Å². The van der Waals surface area contributed by atoms with Gasteiger partial charge in [-0.25, -0.2) is 19.3 Å². The fraction of sp³-hybridized carbons (Fsp3) is 0.222. The summed E-state index contributed by atoms with van der Waals surface area (Å²) in [5, 5.41) is 2.68. The third-order valence-electron chi connectivity index (χ3n) is 3.94. The van der Waals surface area contributed by atoms with E-state index in [2.05, 4.69) is 20.3 Å². The molecule has 0 saturated heterocycles. The lowest BCUT2D eigenvalue weighted by molar-refractivity contribution is -0.115. The third kappa shape index (κ3) is 3.55. The van der Waals surface area contributed by atoms with Crippen molar-refractivity contribution in [2.75, 3.05) is 5.32 Å². The van der Waals surface area contributed by atoms with Crippen LogP contribution in [0.2, 0.25) is 0 Å². The topological polar surface area (TPSA) is 72.7 Å². The molecule has 0 aliphatic rings. The molecule has 0 atom stereocenters. The van der Waals surface area contributed by atoms with Gasteiger partial charge in [-0.3, -0.25) is 9.36 Å². The standard InChI is InChI=1S/C18H18FN5O/c1-11-12(2)24(13(3)22-11)18-20-9-15(10-21-18)23-17(25)8-14-6-4-5-7-16(14)19/h4-7,9-10H,8H2,1-3H3,(H,23,25). The molecule has 1 N–H and O–H groups in total. The second kappa shape index (κ2) is 6.80. The lowest BCUT2D eigenvalue weighted by Gasteiger charge is -2.08. The number of rotatable bonds is 4. The molecule has 1 amide bonds. The minimum absolute atomic E-state index is 0.0483. The van der Waals surface area contributed by atoms with E-state index in [1.807, 2.05) is 25.3 Å². The predicted molar refractivity (Wildman–Crippen MR) is 92.1 cm³/mol. The number of halogens is 1. The van der Waals surface area contributed by atoms with Gasteiger partial charge in [-0.05, 0) is 32.4 Å². The highest BCUT2D eigenvalue weighted by Gasteiger charge is 2.12. The van der Waals surface area contributed by atoms with E-state index in [0.29, 0.717) is 17.2 Å². The molecule has 0 fully saturated rings. The number of amides is 1. The van der Waals surface area contributed by atoms with E-state index in [9.17, 15) is 9.18 Å². The molecular formula is C18H18FN5O. The van der Waals surface area contributed by atoms with E-state index in [0.717, 1.165) is 17.2 Å². The van der Waals surface area contributed by atoms with Crippen LogP contribution in [0.25, 0.3) is 5.95 Å². The van der Waals surface area contributed by atoms with Crippen molar-refractivity contribution in [2.45, 2.75) is 27.2 Å². The van der Waals surface area contributed by atoms with Crippen molar-refractivity contribution < 1.29 is 9.18 Å². The fourth-order valence-electron chi connectivity index (χ4n) is 2.59. The van der Waals surface area contributed by atoms with Gasteiger partial charge in [0.1, 0.15) is 11.6 Å². The van der Waals surface area contributed by atoms with E-state index < -0.39 is 5.82 Å². The number of benzene rings is 1. The molecule has 0 radical (unpaired) electrons. The largest absolute Gasteiger partial charge is 0.323 e. The minimum atomic E-state index is -0.398. The lowest BCUT2D eigenvalue weighted by atomic mass is 10.1. The van der Waals surface area contributed by atoms with Crippen LogP contribution in [0.5, 0.6) is 0 Å². The number of aromatic nitrogens is 4. The summed E-state index contributed by atoms with van der Waals surface area (Å²) in [7, 11) is 0. The van der Waals surface area contributed by atoms with Crippen molar-refractivity contribution >= 4 is 11.6 Å². The second-order valence-corrected chi connectivity index (χ2v) is 5.75. The molecule has 1 aromatic carbocycles. The van der Waals surface area contributed by atoms with Gasteiger partial charge < -0.3 is 5.32 Å². The first kappa shape index (κ1) is 16.8. The van der Waals surface area contributed by atoms with Crippen LogP contribution in [0.15, 0.2) is 36.7 Å². The number of anilines is 1. The lowest BCUT2D eigenvalue weighted by Crippen LogP contribution is -2.16. The third-order valence-corrected chi connectivity index (χ3v) is 3.94. The Morgan fingerprint density at radius 2 is 1.84 bits per heavy atom. The maximum Gasteiger partial charge on any atom is 0.235 e. The molecule has 3 rings (SSSR count). The minimum Gasteiger partial charge on any atom is -0.323 e. The van der Waals surface area contributed by atoms with Crippen molar-refractivity contribution in [1.82, 2.24) is 19.5 Å². The fourth-order valence-corrected chi connectivity index (χ4v) is 2.59. The van der Waals surface area contributed by atoms with Crippen molar-refractivity contribution in [3.05, 3.63) is 65.3 Å². The molecule has 3 aromatic rings. The maximum atomic E-state index is 13.6. The zero-order valence-electron chi connectivity index (χ0n) is 14.2. The second-order valence-electron chi connectivity index (χ2n) is 5.75. The maximum absolute atomic E-state index is 13.6. The van der Waals surface area contributed by atoms with Crippen LogP contribution in [0, 0.1) is 26.6 Å². The van der Waals surface area contributed by atoms with E-state index >= 15 is 0 Å². The van der Waals surface area contributed by atoms with Gasteiger partial charge in [0.25, 0.3) is 0 Å². The highest BCUT2D eigenvalue weighted by atomic mass is 19.1. The Morgan fingerprint density at radius 3 is 2.44 bits per heavy atom. The molecule has 0 aliphatic carbocycles. The average molecular weight is 339 g/mol. The first-order valence-electron chi connectivity index (χ1n) is 7.84. The van der Waals surface area contributed by atoms with Crippen LogP contribution in [-0.4, -0.2) is 25.4 Å². The summed E-state index contributed by atoms with van der Waals surface area (Å²) in [6.45, 7) is 5.76. The molecule has 6 nitrogen and oxygen atoms in total. The van der Waals surface area contributed by atoms with Gasteiger partial charge in [0.2, 0.25) is 11.9 Å². The number of aryl methyl sites for hydroxylation is 2. The van der Waals surface area contributed by atoms with Crippen LogP contribution < -0.4 is 5.32 Å². The Hall–Kier alpha value is -3.09. The zero-order valence-corrected chi connectivity index (χ0v) is 14.2. The summed E-state index contributed by atoms with van der Waals surface area (Å²) in [5.41, 5.74) is 2.69. The van der Waals surface area contributed by atoms with E-state index in [4.69, 9.17) is 0 Å². The van der Waals surface area contributed by atoms with Gasteiger partial charge in [-0.15, -0.1) is 0 Å². The van der Waals surface area contributed by atoms with Gasteiger partial charge in [0.15, 0.2) is 0 Å². The molecule has 2 heterocycles. The van der Waals surface area contributed by atoms with E-state index in [1.165, 1.54) is 18.5 Å². The van der Waals surface area contributed by atoms with Crippen LogP contribution in [0.3, 0.4) is 0 Å². The zero-order chi connectivity index (χ0) is 18.0. The molecule has 7 heteroatoms. The molecule has 0 unspecified atom stereocenters. The molecular weight excluding hydrogens is 321 g/mol. The van der Waals surface area contributed by atoms with Crippen molar-refractivity contribution in [1.29, 1.82) is 0 Å². The average Bonchev–Trinajstić information content (AvgIpc) is 2.83. The number of hydrogen-bond donors (Lipinski definition) is 1. The highest BCUT2D eigenvalue weighted by molar-refractivity contribution is 5.91. The molecule has 2 aromatic heterocycles. The summed E-state index contributed by atoms with van der Waals surface area (Å²) in [6, 6.07) is 6.20. The normalized spacial score (nSPS) is 10.7. The molecule has 0 aliphatic heterocycles. The van der Waals surface area contributed by atoms with Gasteiger partial charge in [-0.1, -0.05) is 18.2 Å². The van der Waals surface area contributed by atoms with Crippen LogP contribution >= 0.6 is 0 Å². The Morgan fingerprint density at radius 1 is 1.16 bits per heavy atom. The Balaban J connectivity index is 1.72. The first-order chi connectivity index (χ1) is 12.0. The van der Waals surface area contributed by atoms with Crippen molar-refractivity contribution in [2.24, 2.45) is 0 Å². The number of carbonyl (C=O) groups excluding carboxylic acids is 1.